The summed E-state index contributed by atoms with van der Waals surface area (Å²) in [6.45, 7) is 11.5. The monoisotopic (exact) mass is 416 g/mol. The number of carbonyl (C=O) groups excluding carboxylic acids is 1. The van der Waals surface area contributed by atoms with Crippen LogP contribution < -0.4 is 9.62 Å². The maximum Gasteiger partial charge on any atom is 0.244 e. The lowest BCUT2D eigenvalue weighted by Crippen LogP contribution is -2.48. The highest BCUT2D eigenvalue weighted by Gasteiger charge is 2.30. The molecule has 0 aliphatic heterocycles. The van der Waals surface area contributed by atoms with Crippen molar-refractivity contribution in [2.75, 3.05) is 10.6 Å². The molecule has 0 radical (unpaired) electrons. The van der Waals surface area contributed by atoms with E-state index < -0.39 is 16.1 Å². The first-order valence-corrected chi connectivity index (χ1v) is 11.7. The molecule has 2 aromatic carbocycles. The number of sulfonamides is 1. The molecule has 0 saturated heterocycles. The van der Waals surface area contributed by atoms with Crippen LogP contribution in [0.1, 0.15) is 54.1 Å². The minimum Gasteiger partial charge on any atom is -0.347 e. The summed E-state index contributed by atoms with van der Waals surface area (Å²) in [5.41, 5.74) is 5.73. The lowest BCUT2D eigenvalue weighted by atomic mass is 9.97. The van der Waals surface area contributed by atoms with Crippen LogP contribution in [0.2, 0.25) is 0 Å². The largest absolute Gasteiger partial charge is 0.347 e. The van der Waals surface area contributed by atoms with E-state index in [1.807, 2.05) is 52.8 Å². The van der Waals surface area contributed by atoms with Gasteiger partial charge in [0.2, 0.25) is 15.9 Å². The molecule has 5 nitrogen and oxygen atoms in total. The Morgan fingerprint density at radius 3 is 2.07 bits per heavy atom. The summed E-state index contributed by atoms with van der Waals surface area (Å²) in [7, 11) is -3.64. The zero-order chi connectivity index (χ0) is 21.9. The first-order chi connectivity index (χ1) is 13.4. The van der Waals surface area contributed by atoms with Gasteiger partial charge in [-0.25, -0.2) is 8.42 Å². The Morgan fingerprint density at radius 2 is 1.59 bits per heavy atom. The molecule has 158 valence electrons. The number of aryl methyl sites for hydroxylation is 4. The van der Waals surface area contributed by atoms with Crippen LogP contribution in [0, 0.1) is 27.7 Å². The Hall–Kier alpha value is -2.34. The van der Waals surface area contributed by atoms with Crippen LogP contribution in [0.25, 0.3) is 0 Å². The average molecular weight is 417 g/mol. The van der Waals surface area contributed by atoms with E-state index >= 15 is 0 Å². The Balaban J connectivity index is 2.35. The van der Waals surface area contributed by atoms with E-state index in [2.05, 4.69) is 11.4 Å². The molecule has 0 heterocycles. The molecule has 0 saturated carbocycles. The van der Waals surface area contributed by atoms with E-state index in [0.717, 1.165) is 28.5 Å². The van der Waals surface area contributed by atoms with Crippen molar-refractivity contribution in [3.05, 3.63) is 64.2 Å². The molecule has 2 unspecified atom stereocenters. The number of benzene rings is 2. The van der Waals surface area contributed by atoms with E-state index in [4.69, 9.17) is 0 Å². The van der Waals surface area contributed by atoms with Gasteiger partial charge in [0.15, 0.2) is 0 Å². The molecule has 0 aliphatic carbocycles. The van der Waals surface area contributed by atoms with Crippen LogP contribution in [-0.4, -0.2) is 26.6 Å². The molecule has 0 spiro atoms. The fourth-order valence-corrected chi connectivity index (χ4v) is 4.95. The smallest absolute Gasteiger partial charge is 0.244 e. The van der Waals surface area contributed by atoms with Gasteiger partial charge in [-0.15, -0.1) is 0 Å². The van der Waals surface area contributed by atoms with Gasteiger partial charge in [0.25, 0.3) is 0 Å². The summed E-state index contributed by atoms with van der Waals surface area (Å²) in [6.07, 6.45) is 1.85. The van der Waals surface area contributed by atoms with Crippen molar-refractivity contribution in [2.24, 2.45) is 0 Å². The first kappa shape index (κ1) is 22.9. The summed E-state index contributed by atoms with van der Waals surface area (Å²) < 4.78 is 26.3. The fourth-order valence-electron chi connectivity index (χ4n) is 3.80. The molecule has 0 aliphatic rings. The number of nitrogens with one attached hydrogen (secondary N) is 1. The van der Waals surface area contributed by atoms with Gasteiger partial charge in [0.05, 0.1) is 18.0 Å². The number of nitrogens with zero attached hydrogens (tertiary/aromatic N) is 1. The van der Waals surface area contributed by atoms with Gasteiger partial charge in [-0.3, -0.25) is 9.10 Å². The molecule has 2 rings (SSSR count). The normalized spacial score (nSPS) is 13.6. The third-order valence-electron chi connectivity index (χ3n) is 5.07. The minimum absolute atomic E-state index is 0.175. The highest BCUT2D eigenvalue weighted by atomic mass is 32.2. The van der Waals surface area contributed by atoms with Crippen LogP contribution in [0.5, 0.6) is 0 Å². The van der Waals surface area contributed by atoms with Gasteiger partial charge in [-0.1, -0.05) is 36.8 Å². The Kier molecular flexibility index (Phi) is 7.11. The van der Waals surface area contributed by atoms with Crippen molar-refractivity contribution in [1.29, 1.82) is 0 Å². The van der Waals surface area contributed by atoms with Crippen LogP contribution in [0.3, 0.4) is 0 Å². The molecule has 6 heteroatoms. The maximum atomic E-state index is 13.1. The molecular formula is C23H32N2O3S. The highest BCUT2D eigenvalue weighted by molar-refractivity contribution is 7.92. The van der Waals surface area contributed by atoms with Gasteiger partial charge < -0.3 is 5.32 Å². The third kappa shape index (κ3) is 5.60. The Bertz CT molecular complexity index is 979. The van der Waals surface area contributed by atoms with Gasteiger partial charge in [-0.2, -0.15) is 0 Å². The van der Waals surface area contributed by atoms with Crippen molar-refractivity contribution in [3.63, 3.8) is 0 Å². The first-order valence-electron chi connectivity index (χ1n) is 9.89. The number of rotatable bonds is 7. The molecule has 0 bridgehead atoms. The fraction of sp³-hybridized carbons (Fsp3) is 0.435. The van der Waals surface area contributed by atoms with Crippen molar-refractivity contribution in [2.45, 2.75) is 60.0 Å². The molecule has 29 heavy (non-hydrogen) atoms. The quantitative estimate of drug-likeness (QED) is 0.730. The molecule has 0 aromatic heterocycles. The second kappa shape index (κ2) is 8.99. The van der Waals surface area contributed by atoms with Crippen molar-refractivity contribution in [1.82, 2.24) is 5.32 Å². The SMILES string of the molecule is CCC(NC(=O)C(C)N(c1cc(C)cc(C)c1)S(C)(=O)=O)c1ccc(C)cc1C. The summed E-state index contributed by atoms with van der Waals surface area (Å²) >= 11 is 0. The zero-order valence-corrected chi connectivity index (χ0v) is 19.2. The average Bonchev–Trinajstić information content (AvgIpc) is 2.58. The van der Waals surface area contributed by atoms with Gasteiger partial charge >= 0.3 is 0 Å². The van der Waals surface area contributed by atoms with Gasteiger partial charge in [0.1, 0.15) is 6.04 Å². The zero-order valence-electron chi connectivity index (χ0n) is 18.4. The van der Waals surface area contributed by atoms with Gasteiger partial charge in [0, 0.05) is 0 Å². The molecule has 0 fully saturated rings. The van der Waals surface area contributed by atoms with E-state index in [1.165, 1.54) is 9.87 Å². The van der Waals surface area contributed by atoms with Crippen LogP contribution in [0.15, 0.2) is 36.4 Å². The van der Waals surface area contributed by atoms with Crippen LogP contribution in [0.4, 0.5) is 5.69 Å². The molecular weight excluding hydrogens is 384 g/mol. The number of anilines is 1. The lowest BCUT2D eigenvalue weighted by molar-refractivity contribution is -0.122. The van der Waals surface area contributed by atoms with E-state index in [1.54, 1.807) is 19.1 Å². The lowest BCUT2D eigenvalue weighted by Gasteiger charge is -2.30. The predicted molar refractivity (Wildman–Crippen MR) is 120 cm³/mol. The van der Waals surface area contributed by atoms with E-state index in [0.29, 0.717) is 12.1 Å². The maximum absolute atomic E-state index is 13.1. The van der Waals surface area contributed by atoms with Gasteiger partial charge in [-0.05, 0) is 75.4 Å². The van der Waals surface area contributed by atoms with Crippen LogP contribution in [-0.2, 0) is 14.8 Å². The Morgan fingerprint density at radius 1 is 1.00 bits per heavy atom. The third-order valence-corrected chi connectivity index (χ3v) is 6.32. The number of hydrogen-bond acceptors (Lipinski definition) is 3. The summed E-state index contributed by atoms with van der Waals surface area (Å²) in [6, 6.07) is 10.7. The number of amides is 1. The Labute approximate surface area is 175 Å². The minimum atomic E-state index is -3.64. The van der Waals surface area contributed by atoms with Crippen molar-refractivity contribution >= 4 is 21.6 Å². The summed E-state index contributed by atoms with van der Waals surface area (Å²) in [4.78, 5) is 13.1. The highest BCUT2D eigenvalue weighted by Crippen LogP contribution is 2.26. The van der Waals surface area contributed by atoms with E-state index in [9.17, 15) is 13.2 Å². The second-order valence-electron chi connectivity index (χ2n) is 7.91. The second-order valence-corrected chi connectivity index (χ2v) is 9.77. The summed E-state index contributed by atoms with van der Waals surface area (Å²) in [5, 5.41) is 3.05. The molecule has 1 amide bonds. The molecule has 1 N–H and O–H groups in total. The van der Waals surface area contributed by atoms with Crippen LogP contribution >= 0.6 is 0 Å². The molecule has 2 aromatic rings. The number of carbonyl (C=O) groups is 1. The topological polar surface area (TPSA) is 66.5 Å². The summed E-state index contributed by atoms with van der Waals surface area (Å²) in [5.74, 6) is -0.318. The predicted octanol–water partition coefficient (Wildman–Crippen LogP) is 4.34. The van der Waals surface area contributed by atoms with E-state index in [-0.39, 0.29) is 11.9 Å². The van der Waals surface area contributed by atoms with Crippen molar-refractivity contribution in [3.8, 4) is 0 Å². The van der Waals surface area contributed by atoms with Crippen molar-refractivity contribution < 1.29 is 13.2 Å². The standard InChI is InChI=1S/C23H32N2O3S/c1-8-22(21-10-9-15(2)12-18(21)5)24-23(26)19(6)25(29(7,27)28)20-13-16(3)11-17(4)14-20/h9-14,19,22H,8H2,1-7H3,(H,24,26). The molecule has 2 atom stereocenters. The number of hydrogen-bond donors (Lipinski definition) is 1.